The van der Waals surface area contributed by atoms with Crippen LogP contribution in [0.2, 0.25) is 18.1 Å². The van der Waals surface area contributed by atoms with Crippen LogP contribution in [0.3, 0.4) is 0 Å². The van der Waals surface area contributed by atoms with E-state index in [1.165, 1.54) is 11.1 Å². The lowest BCUT2D eigenvalue weighted by Crippen LogP contribution is -2.48. The zero-order chi connectivity index (χ0) is 26.1. The molecule has 0 bridgehead atoms. The monoisotopic (exact) mass is 499 g/mol. The first kappa shape index (κ1) is 26.4. The lowest BCUT2D eigenvalue weighted by Gasteiger charge is -2.43. The van der Waals surface area contributed by atoms with Crippen molar-refractivity contribution in [1.29, 1.82) is 0 Å². The Balaban J connectivity index is 1.63. The number of hydrogen-bond donors (Lipinski definition) is 0. The largest absolute Gasteiger partial charge is 0.408 e. The van der Waals surface area contributed by atoms with E-state index in [9.17, 15) is 4.79 Å². The van der Waals surface area contributed by atoms with E-state index in [0.29, 0.717) is 0 Å². The summed E-state index contributed by atoms with van der Waals surface area (Å²) in [5.41, 5.74) is 3.61. The molecule has 0 spiro atoms. The van der Waals surface area contributed by atoms with Gasteiger partial charge in [-0.15, -0.1) is 0 Å². The first-order valence-corrected chi connectivity index (χ1v) is 16.0. The van der Waals surface area contributed by atoms with E-state index in [4.69, 9.17) is 4.43 Å². The van der Waals surface area contributed by atoms with Gasteiger partial charge in [0.2, 0.25) is 5.91 Å². The number of nitrogens with zero attached hydrogens (tertiary/aromatic N) is 1. The molecule has 4 heteroatoms. The van der Waals surface area contributed by atoms with Crippen molar-refractivity contribution < 1.29 is 9.22 Å². The molecule has 1 saturated carbocycles. The summed E-state index contributed by atoms with van der Waals surface area (Å²) in [7, 11) is -0.117. The van der Waals surface area contributed by atoms with E-state index in [1.54, 1.807) is 0 Å². The number of likely N-dealkylation sites (N-methyl/N-ethyl adjacent to an activating group) is 1. The highest BCUT2D eigenvalue weighted by molar-refractivity contribution is 6.74. The summed E-state index contributed by atoms with van der Waals surface area (Å²) < 4.78 is 6.99. The topological polar surface area (TPSA) is 29.5 Å². The van der Waals surface area contributed by atoms with E-state index in [2.05, 4.69) is 114 Å². The Bertz CT molecular complexity index is 1100. The van der Waals surface area contributed by atoms with Gasteiger partial charge in [0, 0.05) is 18.9 Å². The second kappa shape index (κ2) is 10.4. The van der Waals surface area contributed by atoms with Crippen molar-refractivity contribution in [3.05, 3.63) is 108 Å². The number of hydrogen-bond acceptors (Lipinski definition) is 2. The fraction of sp³-hybridized carbons (Fsp3) is 0.406. The molecule has 1 amide bonds. The maximum atomic E-state index is 14.1. The smallest absolute Gasteiger partial charge is 0.227 e. The first-order valence-electron chi connectivity index (χ1n) is 13.1. The van der Waals surface area contributed by atoms with Gasteiger partial charge in [-0.25, -0.2) is 0 Å². The Kier molecular flexibility index (Phi) is 7.58. The van der Waals surface area contributed by atoms with Gasteiger partial charge in [0.15, 0.2) is 8.32 Å². The lowest BCUT2D eigenvalue weighted by molar-refractivity contribution is -0.135. The van der Waals surface area contributed by atoms with Gasteiger partial charge in [-0.3, -0.25) is 4.79 Å². The molecule has 0 radical (unpaired) electrons. The van der Waals surface area contributed by atoms with Crippen LogP contribution >= 0.6 is 0 Å². The van der Waals surface area contributed by atoms with Crippen molar-refractivity contribution in [2.75, 3.05) is 7.05 Å². The fourth-order valence-electron chi connectivity index (χ4n) is 5.02. The number of amides is 1. The zero-order valence-corrected chi connectivity index (χ0v) is 23.8. The average Bonchev–Trinajstić information content (AvgIpc) is 3.63. The SMILES string of the molecule is C[C@H]([C@H](O[Si](C)(C)C(C)(C)C)c1ccccc1)N(C)C(=O)C1[C@@H](c2ccccc2)[C@H]1c1ccccc1. The molecule has 3 nitrogen and oxygen atoms in total. The summed E-state index contributed by atoms with van der Waals surface area (Å²) in [6, 6.07) is 31.3. The maximum absolute atomic E-state index is 14.1. The van der Waals surface area contributed by atoms with Crippen LogP contribution in [0.15, 0.2) is 91.0 Å². The Morgan fingerprint density at radius 3 is 1.64 bits per heavy atom. The van der Waals surface area contributed by atoms with Gasteiger partial charge in [-0.1, -0.05) is 112 Å². The molecular weight excluding hydrogens is 458 g/mol. The van der Waals surface area contributed by atoms with Gasteiger partial charge < -0.3 is 9.33 Å². The van der Waals surface area contributed by atoms with Gasteiger partial charge in [-0.05, 0) is 41.7 Å². The summed E-state index contributed by atoms with van der Waals surface area (Å²) in [4.78, 5) is 16.0. The highest BCUT2D eigenvalue weighted by atomic mass is 28.4. The van der Waals surface area contributed by atoms with Crippen LogP contribution in [0.1, 0.15) is 62.3 Å². The highest BCUT2D eigenvalue weighted by Crippen LogP contribution is 2.61. The normalized spacial score (nSPS) is 21.5. The number of benzene rings is 3. The molecule has 0 aliphatic heterocycles. The molecule has 1 fully saturated rings. The van der Waals surface area contributed by atoms with Crippen molar-refractivity contribution in [3.8, 4) is 0 Å². The Morgan fingerprint density at radius 2 is 1.22 bits per heavy atom. The van der Waals surface area contributed by atoms with E-state index >= 15 is 0 Å². The van der Waals surface area contributed by atoms with Crippen LogP contribution in [0.4, 0.5) is 0 Å². The van der Waals surface area contributed by atoms with Gasteiger partial charge in [0.05, 0.1) is 18.1 Å². The third-order valence-corrected chi connectivity index (χ3v) is 12.9. The standard InChI is InChI=1S/C32H41NO2Si/c1-23(30(26-21-15-10-16-22-26)35-36(6,7)32(2,3)4)33(5)31(34)29-27(24-17-11-8-12-18-24)28(29)25-19-13-9-14-20-25/h8-23,27-30H,1-7H3/t23-,27-,28+,29?,30+/m1/s1. The molecule has 0 N–H and O–H groups in total. The van der Waals surface area contributed by atoms with Gasteiger partial charge in [0.1, 0.15) is 0 Å². The third-order valence-electron chi connectivity index (χ3n) is 8.43. The summed E-state index contributed by atoms with van der Waals surface area (Å²) in [6.45, 7) is 13.5. The first-order chi connectivity index (χ1) is 17.0. The van der Waals surface area contributed by atoms with Crippen LogP contribution in [0, 0.1) is 5.92 Å². The van der Waals surface area contributed by atoms with Crippen molar-refractivity contribution in [2.45, 2.75) is 69.8 Å². The predicted molar refractivity (Wildman–Crippen MR) is 152 cm³/mol. The maximum Gasteiger partial charge on any atom is 0.227 e. The predicted octanol–water partition coefficient (Wildman–Crippen LogP) is 7.79. The molecule has 3 aromatic rings. The molecule has 4 rings (SSSR count). The molecule has 36 heavy (non-hydrogen) atoms. The zero-order valence-electron chi connectivity index (χ0n) is 22.8. The molecule has 1 aliphatic carbocycles. The van der Waals surface area contributed by atoms with E-state index in [1.807, 2.05) is 30.1 Å². The van der Waals surface area contributed by atoms with Gasteiger partial charge in [0.25, 0.3) is 0 Å². The van der Waals surface area contributed by atoms with E-state index in [-0.39, 0.29) is 40.8 Å². The minimum Gasteiger partial charge on any atom is -0.408 e. The Morgan fingerprint density at radius 1 is 0.806 bits per heavy atom. The minimum absolute atomic E-state index is 0.0634. The highest BCUT2D eigenvalue weighted by Gasteiger charge is 2.57. The number of rotatable bonds is 8. The van der Waals surface area contributed by atoms with Crippen molar-refractivity contribution in [1.82, 2.24) is 4.90 Å². The Labute approximate surface area is 218 Å². The summed E-state index contributed by atoms with van der Waals surface area (Å²) >= 11 is 0. The molecular formula is C32H41NO2Si. The van der Waals surface area contributed by atoms with Crippen molar-refractivity contribution in [2.24, 2.45) is 5.92 Å². The van der Waals surface area contributed by atoms with Crippen LogP contribution < -0.4 is 0 Å². The van der Waals surface area contributed by atoms with Crippen LogP contribution in [0.25, 0.3) is 0 Å². The molecule has 0 saturated heterocycles. The van der Waals surface area contributed by atoms with E-state index < -0.39 is 8.32 Å². The summed E-state index contributed by atoms with van der Waals surface area (Å²) in [5, 5.41) is 0.0790. The second-order valence-corrected chi connectivity index (χ2v) is 16.6. The quantitative estimate of drug-likeness (QED) is 0.296. The van der Waals surface area contributed by atoms with Crippen LogP contribution in [-0.2, 0) is 9.22 Å². The van der Waals surface area contributed by atoms with Crippen molar-refractivity contribution >= 4 is 14.2 Å². The molecule has 1 aliphatic rings. The van der Waals surface area contributed by atoms with Crippen LogP contribution in [0.5, 0.6) is 0 Å². The van der Waals surface area contributed by atoms with Gasteiger partial charge in [-0.2, -0.15) is 0 Å². The fourth-order valence-corrected chi connectivity index (χ4v) is 6.34. The molecule has 5 atom stereocenters. The minimum atomic E-state index is -2.08. The number of carbonyl (C=O) groups excluding carboxylic acids is 1. The average molecular weight is 500 g/mol. The molecule has 0 aromatic heterocycles. The molecule has 190 valence electrons. The van der Waals surface area contributed by atoms with Crippen molar-refractivity contribution in [3.63, 3.8) is 0 Å². The summed E-state index contributed by atoms with van der Waals surface area (Å²) in [5.74, 6) is 0.538. The van der Waals surface area contributed by atoms with Crippen LogP contribution in [-0.4, -0.2) is 32.2 Å². The van der Waals surface area contributed by atoms with E-state index in [0.717, 1.165) is 5.56 Å². The van der Waals surface area contributed by atoms with Gasteiger partial charge >= 0.3 is 0 Å². The lowest BCUT2D eigenvalue weighted by atomic mass is 10.0. The molecule has 0 heterocycles. The number of carbonyl (C=O) groups is 1. The molecule has 3 aromatic carbocycles. The summed E-state index contributed by atoms with van der Waals surface area (Å²) in [6.07, 6.45) is -0.176. The molecule has 1 unspecified atom stereocenters. The Hall–Kier alpha value is -2.69. The second-order valence-electron chi connectivity index (χ2n) is 11.8. The third kappa shape index (κ3) is 5.35.